The van der Waals surface area contributed by atoms with Gasteiger partial charge >= 0.3 is 10.3 Å². The van der Waals surface area contributed by atoms with Gasteiger partial charge in [0.05, 0.1) is 0 Å². The van der Waals surface area contributed by atoms with Crippen molar-refractivity contribution < 1.29 is 17.7 Å². The second-order valence-corrected chi connectivity index (χ2v) is 6.31. The molecule has 1 aliphatic carbocycles. The van der Waals surface area contributed by atoms with Crippen LogP contribution < -0.4 is 0 Å². The van der Waals surface area contributed by atoms with E-state index in [2.05, 4.69) is 15.9 Å². The molecule has 0 aromatic heterocycles. The van der Waals surface area contributed by atoms with Gasteiger partial charge in [-0.1, -0.05) is 22.0 Å². The van der Waals surface area contributed by atoms with E-state index in [4.69, 9.17) is 9.29 Å². The van der Waals surface area contributed by atoms with Crippen LogP contribution in [-0.4, -0.2) is 38.5 Å². The lowest BCUT2D eigenvalue weighted by molar-refractivity contribution is 0.250. The van der Waals surface area contributed by atoms with Crippen LogP contribution in [0, 0.1) is 5.92 Å². The van der Waals surface area contributed by atoms with Gasteiger partial charge in [0.2, 0.25) is 0 Å². The van der Waals surface area contributed by atoms with Crippen molar-refractivity contribution in [1.82, 2.24) is 4.31 Å². The Balaban J connectivity index is 2.81. The van der Waals surface area contributed by atoms with E-state index in [9.17, 15) is 8.42 Å². The fourth-order valence-electron chi connectivity index (χ4n) is 1.10. The van der Waals surface area contributed by atoms with Gasteiger partial charge in [0.1, 0.15) is 0 Å². The molecule has 1 N–H and O–H groups in total. The van der Waals surface area contributed by atoms with Crippen molar-refractivity contribution >= 4 is 26.2 Å². The van der Waals surface area contributed by atoms with Crippen LogP contribution in [0.4, 0.5) is 0 Å². The number of rotatable bonds is 4. The third kappa shape index (κ3) is 3.31. The quantitative estimate of drug-likeness (QED) is 0.840. The van der Waals surface area contributed by atoms with Crippen molar-refractivity contribution in [2.24, 2.45) is 5.92 Å². The Labute approximate surface area is 104 Å². The Bertz CT molecular complexity index is 413. The summed E-state index contributed by atoms with van der Waals surface area (Å²) in [4.78, 5) is 0. The number of hydrogen-bond acceptors (Lipinski definition) is 4. The molecule has 1 unspecified atom stereocenters. The summed E-state index contributed by atoms with van der Waals surface area (Å²) in [5.74, 6) is 0.266. The third-order valence-corrected chi connectivity index (χ3v) is 4.10. The van der Waals surface area contributed by atoms with Crippen molar-refractivity contribution in [3.05, 3.63) is 22.4 Å². The highest BCUT2D eigenvalue weighted by molar-refractivity contribution is 9.11. The molecule has 0 aromatic carbocycles. The van der Waals surface area contributed by atoms with E-state index in [1.54, 1.807) is 12.2 Å². The first-order valence-corrected chi connectivity index (χ1v) is 6.82. The first kappa shape index (κ1) is 13.7. The Kier molecular flexibility index (Phi) is 4.54. The first-order valence-electron chi connectivity index (χ1n) is 4.66. The van der Waals surface area contributed by atoms with Crippen LogP contribution in [0.2, 0.25) is 0 Å². The third-order valence-electron chi connectivity index (χ3n) is 2.11. The summed E-state index contributed by atoms with van der Waals surface area (Å²) < 4.78 is 29.5. The number of aliphatic hydroxyl groups excluding tert-OH is 1. The fraction of sp³-hybridized carbons (Fsp3) is 0.556. The lowest BCUT2D eigenvalue weighted by Crippen LogP contribution is -2.24. The van der Waals surface area contributed by atoms with Crippen LogP contribution in [-0.2, 0) is 14.5 Å². The van der Waals surface area contributed by atoms with E-state index in [0.29, 0.717) is 10.9 Å². The predicted octanol–water partition coefficient (Wildman–Crippen LogP) is 0.984. The largest absolute Gasteiger partial charge is 0.396 e. The van der Waals surface area contributed by atoms with Crippen molar-refractivity contribution in [2.75, 3.05) is 20.7 Å². The molecule has 1 atom stereocenters. The molecule has 0 radical (unpaired) electrons. The highest BCUT2D eigenvalue weighted by Gasteiger charge is 2.21. The van der Waals surface area contributed by atoms with E-state index in [1.807, 2.05) is 0 Å². The van der Waals surface area contributed by atoms with Crippen molar-refractivity contribution in [2.45, 2.75) is 6.42 Å². The van der Waals surface area contributed by atoms with Crippen LogP contribution in [0.25, 0.3) is 0 Å². The minimum Gasteiger partial charge on any atom is -0.396 e. The first-order chi connectivity index (χ1) is 7.36. The summed E-state index contributed by atoms with van der Waals surface area (Å²) in [6, 6.07) is 0. The highest BCUT2D eigenvalue weighted by Crippen LogP contribution is 2.29. The molecule has 0 saturated heterocycles. The molecule has 0 saturated carbocycles. The average Bonchev–Trinajstić information content (AvgIpc) is 2.20. The lowest BCUT2D eigenvalue weighted by atomic mass is 10.0. The molecule has 0 aliphatic heterocycles. The molecule has 7 heteroatoms. The molecular weight excluding hydrogens is 298 g/mol. The van der Waals surface area contributed by atoms with Crippen molar-refractivity contribution in [3.63, 3.8) is 0 Å². The molecule has 0 aromatic rings. The average molecular weight is 312 g/mol. The maximum Gasteiger partial charge on any atom is 0.384 e. The van der Waals surface area contributed by atoms with Gasteiger partial charge in [-0.3, -0.25) is 0 Å². The molecule has 0 heterocycles. The van der Waals surface area contributed by atoms with Crippen molar-refractivity contribution in [3.8, 4) is 0 Å². The molecule has 16 heavy (non-hydrogen) atoms. The standard InChI is InChI=1S/C9H14BrNO4S/c1-11(2)16(13,14)15-9-4-3-7(6-12)5-8(9)10/h3-4,7,12H,5-6H2,1-2H3. The van der Waals surface area contributed by atoms with Gasteiger partial charge in [0.25, 0.3) is 0 Å². The second kappa shape index (κ2) is 5.31. The summed E-state index contributed by atoms with van der Waals surface area (Å²) in [6.07, 6.45) is 3.81. The van der Waals surface area contributed by atoms with Crippen LogP contribution >= 0.6 is 15.9 Å². The lowest BCUT2D eigenvalue weighted by Gasteiger charge is -2.19. The topological polar surface area (TPSA) is 66.8 Å². The Morgan fingerprint density at radius 2 is 2.25 bits per heavy atom. The van der Waals surface area contributed by atoms with E-state index in [1.165, 1.54) is 14.1 Å². The number of halogens is 1. The van der Waals surface area contributed by atoms with Gasteiger partial charge in [-0.2, -0.15) is 12.7 Å². The summed E-state index contributed by atoms with van der Waals surface area (Å²) >= 11 is 3.25. The Morgan fingerprint density at radius 1 is 1.62 bits per heavy atom. The van der Waals surface area contributed by atoms with Gasteiger partial charge in [-0.05, 0) is 12.5 Å². The molecule has 1 rings (SSSR count). The fourth-order valence-corrected chi connectivity index (χ4v) is 2.37. The molecule has 0 fully saturated rings. The van der Waals surface area contributed by atoms with Gasteiger partial charge in [0.15, 0.2) is 5.76 Å². The molecule has 0 amide bonds. The van der Waals surface area contributed by atoms with Crippen LogP contribution in [0.1, 0.15) is 6.42 Å². The zero-order valence-electron chi connectivity index (χ0n) is 9.05. The molecule has 0 bridgehead atoms. The van der Waals surface area contributed by atoms with E-state index in [-0.39, 0.29) is 18.3 Å². The molecule has 1 aliphatic rings. The van der Waals surface area contributed by atoms with Crippen LogP contribution in [0.5, 0.6) is 0 Å². The second-order valence-electron chi connectivity index (χ2n) is 3.60. The normalized spacial score (nSPS) is 21.7. The van der Waals surface area contributed by atoms with Crippen molar-refractivity contribution in [1.29, 1.82) is 0 Å². The Hall–Kier alpha value is -0.370. The smallest absolute Gasteiger partial charge is 0.384 e. The monoisotopic (exact) mass is 311 g/mol. The summed E-state index contributed by atoms with van der Waals surface area (Å²) in [6.45, 7) is 0.0271. The van der Waals surface area contributed by atoms with E-state index >= 15 is 0 Å². The maximum absolute atomic E-state index is 11.5. The number of aliphatic hydroxyl groups is 1. The van der Waals surface area contributed by atoms with Gasteiger partial charge in [0, 0.05) is 31.1 Å². The molecular formula is C9H14BrNO4S. The SMILES string of the molecule is CN(C)S(=O)(=O)OC1=C(Br)CC(CO)C=C1. The predicted molar refractivity (Wildman–Crippen MR) is 64.0 cm³/mol. The number of allylic oxidation sites excluding steroid dienone is 2. The minimum atomic E-state index is -3.72. The van der Waals surface area contributed by atoms with Crippen LogP contribution in [0.3, 0.4) is 0 Å². The zero-order valence-corrected chi connectivity index (χ0v) is 11.5. The van der Waals surface area contributed by atoms with E-state index < -0.39 is 10.3 Å². The minimum absolute atomic E-state index is 0.00350. The van der Waals surface area contributed by atoms with Gasteiger partial charge in [-0.25, -0.2) is 0 Å². The summed E-state index contributed by atoms with van der Waals surface area (Å²) in [7, 11) is -0.932. The van der Waals surface area contributed by atoms with E-state index in [0.717, 1.165) is 4.31 Å². The summed E-state index contributed by atoms with van der Waals surface area (Å²) in [5, 5.41) is 8.95. The molecule has 5 nitrogen and oxygen atoms in total. The zero-order chi connectivity index (χ0) is 12.3. The highest BCUT2D eigenvalue weighted by atomic mass is 79.9. The Morgan fingerprint density at radius 3 is 2.69 bits per heavy atom. The van der Waals surface area contributed by atoms with Gasteiger partial charge < -0.3 is 9.29 Å². The van der Waals surface area contributed by atoms with Gasteiger partial charge in [-0.15, -0.1) is 0 Å². The maximum atomic E-state index is 11.5. The number of nitrogens with zero attached hydrogens (tertiary/aromatic N) is 1. The van der Waals surface area contributed by atoms with Crippen LogP contribution in [0.15, 0.2) is 22.4 Å². The summed E-state index contributed by atoms with van der Waals surface area (Å²) in [5.41, 5.74) is 0. The molecule has 0 spiro atoms. The molecule has 92 valence electrons. The number of hydrogen-bond donors (Lipinski definition) is 1.